The summed E-state index contributed by atoms with van der Waals surface area (Å²) in [5.74, 6) is 0.847. The standard InChI is InChI=1S/C27H26N4OS/c1-3-32-22-15-13-21(14-16-22)31-26(25(29-27(31)33)23-7-4-5-17-28-23)24-8-6-18-30(24)20-11-9-19(2)10-12-20/h4-18,25-26H,3H2,1-2H3,(H,29,33)/t25-,26-/m1/s1. The van der Waals surface area contributed by atoms with E-state index in [4.69, 9.17) is 17.0 Å². The molecule has 0 radical (unpaired) electrons. The molecule has 5 rings (SSSR count). The molecule has 0 amide bonds. The van der Waals surface area contributed by atoms with Crippen molar-refractivity contribution in [3.8, 4) is 11.4 Å². The molecule has 5 nitrogen and oxygen atoms in total. The first-order valence-electron chi connectivity index (χ1n) is 11.1. The number of anilines is 1. The molecular formula is C27H26N4OS. The highest BCUT2D eigenvalue weighted by molar-refractivity contribution is 7.80. The molecule has 2 atom stereocenters. The molecule has 6 heteroatoms. The van der Waals surface area contributed by atoms with Crippen molar-refractivity contribution in [2.45, 2.75) is 25.9 Å². The molecule has 1 saturated heterocycles. The summed E-state index contributed by atoms with van der Waals surface area (Å²) in [4.78, 5) is 6.84. The number of nitrogens with one attached hydrogen (secondary N) is 1. The van der Waals surface area contributed by atoms with Gasteiger partial charge in [-0.25, -0.2) is 0 Å². The Morgan fingerprint density at radius 3 is 2.39 bits per heavy atom. The number of rotatable bonds is 6. The van der Waals surface area contributed by atoms with Gasteiger partial charge in [0.2, 0.25) is 0 Å². The summed E-state index contributed by atoms with van der Waals surface area (Å²) >= 11 is 5.86. The molecule has 0 aliphatic carbocycles. The van der Waals surface area contributed by atoms with Crippen LogP contribution in [0.3, 0.4) is 0 Å². The van der Waals surface area contributed by atoms with E-state index in [1.807, 2.05) is 43.5 Å². The normalized spacial score (nSPS) is 17.8. The molecule has 33 heavy (non-hydrogen) atoms. The minimum absolute atomic E-state index is 0.0818. The first-order chi connectivity index (χ1) is 16.2. The topological polar surface area (TPSA) is 42.3 Å². The van der Waals surface area contributed by atoms with Crippen molar-refractivity contribution in [1.82, 2.24) is 14.9 Å². The van der Waals surface area contributed by atoms with Crippen LogP contribution in [0.15, 0.2) is 91.3 Å². The minimum Gasteiger partial charge on any atom is -0.494 e. The van der Waals surface area contributed by atoms with Gasteiger partial charge in [-0.3, -0.25) is 4.98 Å². The summed E-state index contributed by atoms with van der Waals surface area (Å²) in [5, 5.41) is 4.21. The Kier molecular flexibility index (Phi) is 5.84. The quantitative estimate of drug-likeness (QED) is 0.376. The molecule has 4 aromatic rings. The zero-order valence-electron chi connectivity index (χ0n) is 18.7. The van der Waals surface area contributed by atoms with Crippen LogP contribution in [0, 0.1) is 6.92 Å². The number of ether oxygens (including phenoxy) is 1. The van der Waals surface area contributed by atoms with Crippen LogP contribution < -0.4 is 15.0 Å². The van der Waals surface area contributed by atoms with E-state index in [-0.39, 0.29) is 12.1 Å². The lowest BCUT2D eigenvalue weighted by atomic mass is 10.0. The van der Waals surface area contributed by atoms with Gasteiger partial charge in [0.05, 0.1) is 18.3 Å². The zero-order valence-corrected chi connectivity index (χ0v) is 19.5. The highest BCUT2D eigenvalue weighted by Gasteiger charge is 2.42. The average Bonchev–Trinajstić information content (AvgIpc) is 3.45. The maximum atomic E-state index is 5.86. The number of thiocarbonyl (C=S) groups is 1. The predicted molar refractivity (Wildman–Crippen MR) is 136 cm³/mol. The van der Waals surface area contributed by atoms with Gasteiger partial charge >= 0.3 is 0 Å². The fourth-order valence-electron chi connectivity index (χ4n) is 4.38. The molecule has 1 N–H and O–H groups in total. The van der Waals surface area contributed by atoms with Crippen molar-refractivity contribution in [2.24, 2.45) is 0 Å². The molecule has 0 unspecified atom stereocenters. The molecule has 0 spiro atoms. The first kappa shape index (κ1) is 21.2. The van der Waals surface area contributed by atoms with Gasteiger partial charge in [-0.05, 0) is 86.7 Å². The minimum atomic E-state index is -0.0932. The second kappa shape index (κ2) is 9.08. The average molecular weight is 455 g/mol. The number of nitrogens with zero attached hydrogens (tertiary/aromatic N) is 3. The molecule has 2 aromatic heterocycles. The molecule has 1 aliphatic rings. The Morgan fingerprint density at radius 1 is 0.939 bits per heavy atom. The third-order valence-corrected chi connectivity index (χ3v) is 6.23. The summed E-state index contributed by atoms with van der Waals surface area (Å²) in [6.45, 7) is 4.72. The van der Waals surface area contributed by atoms with Crippen LogP contribution in [0.1, 0.15) is 36.0 Å². The number of pyridine rings is 1. The van der Waals surface area contributed by atoms with Gasteiger partial charge in [-0.2, -0.15) is 0 Å². The summed E-state index contributed by atoms with van der Waals surface area (Å²) in [7, 11) is 0. The van der Waals surface area contributed by atoms with E-state index in [1.165, 1.54) is 5.56 Å². The van der Waals surface area contributed by atoms with Gasteiger partial charge < -0.3 is 19.5 Å². The third-order valence-electron chi connectivity index (χ3n) is 5.92. The lowest BCUT2D eigenvalue weighted by Crippen LogP contribution is -2.30. The van der Waals surface area contributed by atoms with E-state index in [0.29, 0.717) is 11.7 Å². The van der Waals surface area contributed by atoms with E-state index < -0.39 is 0 Å². The van der Waals surface area contributed by atoms with E-state index >= 15 is 0 Å². The lowest BCUT2D eigenvalue weighted by Gasteiger charge is -2.29. The molecule has 0 saturated carbocycles. The van der Waals surface area contributed by atoms with E-state index in [1.54, 1.807) is 0 Å². The van der Waals surface area contributed by atoms with Gasteiger partial charge in [0.25, 0.3) is 0 Å². The fourth-order valence-corrected chi connectivity index (χ4v) is 4.72. The number of aryl methyl sites for hydroxylation is 1. The zero-order chi connectivity index (χ0) is 22.8. The molecular weight excluding hydrogens is 428 g/mol. The van der Waals surface area contributed by atoms with Crippen molar-refractivity contribution in [1.29, 1.82) is 0 Å². The van der Waals surface area contributed by atoms with Gasteiger partial charge in [0, 0.05) is 29.5 Å². The largest absolute Gasteiger partial charge is 0.494 e. The predicted octanol–water partition coefficient (Wildman–Crippen LogP) is 5.76. The second-order valence-corrected chi connectivity index (χ2v) is 8.45. The highest BCUT2D eigenvalue weighted by Crippen LogP contribution is 2.42. The lowest BCUT2D eigenvalue weighted by molar-refractivity contribution is 0.340. The van der Waals surface area contributed by atoms with Gasteiger partial charge in [0.15, 0.2) is 5.11 Å². The molecule has 2 aromatic carbocycles. The number of hydrogen-bond acceptors (Lipinski definition) is 3. The number of hydrogen-bond donors (Lipinski definition) is 1. The summed E-state index contributed by atoms with van der Waals surface area (Å²) in [6.07, 6.45) is 3.93. The SMILES string of the molecule is CCOc1ccc(N2C(=S)N[C@H](c3ccccn3)[C@H]2c2cccn2-c2ccc(C)cc2)cc1. The van der Waals surface area contributed by atoms with Crippen molar-refractivity contribution >= 4 is 23.0 Å². The molecule has 166 valence electrons. The monoisotopic (exact) mass is 454 g/mol. The Morgan fingerprint density at radius 2 is 1.70 bits per heavy atom. The highest BCUT2D eigenvalue weighted by atomic mass is 32.1. The van der Waals surface area contributed by atoms with Crippen LogP contribution in [0.25, 0.3) is 5.69 Å². The Labute approximate surface area is 199 Å². The Hall–Kier alpha value is -3.64. The van der Waals surface area contributed by atoms with Gasteiger partial charge in [0.1, 0.15) is 11.8 Å². The molecule has 1 fully saturated rings. The van der Waals surface area contributed by atoms with Gasteiger partial charge in [-0.1, -0.05) is 23.8 Å². The van der Waals surface area contributed by atoms with Crippen molar-refractivity contribution in [3.63, 3.8) is 0 Å². The van der Waals surface area contributed by atoms with E-state index in [2.05, 4.69) is 81.4 Å². The van der Waals surface area contributed by atoms with Gasteiger partial charge in [-0.15, -0.1) is 0 Å². The van der Waals surface area contributed by atoms with Crippen LogP contribution in [0.5, 0.6) is 5.75 Å². The second-order valence-electron chi connectivity index (χ2n) is 8.06. The first-order valence-corrected chi connectivity index (χ1v) is 11.5. The smallest absolute Gasteiger partial charge is 0.174 e. The fraction of sp³-hybridized carbons (Fsp3) is 0.185. The maximum Gasteiger partial charge on any atom is 0.174 e. The third kappa shape index (κ3) is 4.10. The molecule has 3 heterocycles. The van der Waals surface area contributed by atoms with Crippen LogP contribution >= 0.6 is 12.2 Å². The van der Waals surface area contributed by atoms with Crippen molar-refractivity contribution < 1.29 is 4.74 Å². The van der Waals surface area contributed by atoms with Crippen LogP contribution in [0.4, 0.5) is 5.69 Å². The summed E-state index contributed by atoms with van der Waals surface area (Å²) in [6, 6.07) is 26.8. The molecule has 0 bridgehead atoms. The summed E-state index contributed by atoms with van der Waals surface area (Å²) in [5.41, 5.74) is 5.45. The Bertz CT molecular complexity index is 1240. The molecule has 1 aliphatic heterocycles. The van der Waals surface area contributed by atoms with Crippen LogP contribution in [-0.2, 0) is 0 Å². The summed E-state index contributed by atoms with van der Waals surface area (Å²) < 4.78 is 7.88. The van der Waals surface area contributed by atoms with Crippen LogP contribution in [-0.4, -0.2) is 21.3 Å². The van der Waals surface area contributed by atoms with Crippen molar-refractivity contribution in [2.75, 3.05) is 11.5 Å². The van der Waals surface area contributed by atoms with E-state index in [9.17, 15) is 0 Å². The van der Waals surface area contributed by atoms with Crippen LogP contribution in [0.2, 0.25) is 0 Å². The van der Waals surface area contributed by atoms with Crippen molar-refractivity contribution in [3.05, 3.63) is 108 Å². The van der Waals surface area contributed by atoms with E-state index in [0.717, 1.165) is 28.5 Å². The Balaban J connectivity index is 1.62. The number of aromatic nitrogens is 2. The maximum absolute atomic E-state index is 5.86. The number of benzene rings is 2.